The van der Waals surface area contributed by atoms with Crippen LogP contribution in [0.15, 0.2) is 18.2 Å². The Bertz CT molecular complexity index is 626. The highest BCUT2D eigenvalue weighted by molar-refractivity contribution is 6.09. The molecule has 0 saturated heterocycles. The van der Waals surface area contributed by atoms with E-state index in [0.717, 1.165) is 17.1 Å². The number of aromatic amines is 1. The van der Waals surface area contributed by atoms with E-state index < -0.39 is 0 Å². The monoisotopic (exact) mass is 273 g/mol. The van der Waals surface area contributed by atoms with Crippen molar-refractivity contribution in [2.45, 2.75) is 13.8 Å². The molecule has 20 heavy (non-hydrogen) atoms. The molecule has 0 unspecified atom stereocenters. The quantitative estimate of drug-likeness (QED) is 0.746. The van der Waals surface area contributed by atoms with Gasteiger partial charge in [-0.2, -0.15) is 5.10 Å². The third-order valence-electron chi connectivity index (χ3n) is 3.11. The Labute approximate surface area is 118 Å². The van der Waals surface area contributed by atoms with E-state index in [-0.39, 0.29) is 5.91 Å². The van der Waals surface area contributed by atoms with Crippen LogP contribution in [0.3, 0.4) is 0 Å². The number of nitrogens with zero attached hydrogens (tertiary/aromatic N) is 2. The second-order valence-corrected chi connectivity index (χ2v) is 4.93. The minimum absolute atomic E-state index is 0.200. The van der Waals surface area contributed by atoms with Gasteiger partial charge in [0.1, 0.15) is 0 Å². The third kappa shape index (κ3) is 2.59. The van der Waals surface area contributed by atoms with Crippen molar-refractivity contribution in [2.24, 2.45) is 0 Å². The molecule has 0 saturated carbocycles. The zero-order chi connectivity index (χ0) is 14.9. The molecule has 6 nitrogen and oxygen atoms in total. The summed E-state index contributed by atoms with van der Waals surface area (Å²) in [5.41, 5.74) is 9.98. The highest BCUT2D eigenvalue weighted by Gasteiger charge is 2.16. The summed E-state index contributed by atoms with van der Waals surface area (Å²) in [7, 11) is 3.77. The van der Waals surface area contributed by atoms with Gasteiger partial charge in [0.25, 0.3) is 5.91 Å². The summed E-state index contributed by atoms with van der Waals surface area (Å²) in [6, 6.07) is 5.29. The molecule has 0 aliphatic heterocycles. The van der Waals surface area contributed by atoms with Crippen molar-refractivity contribution in [3.8, 4) is 0 Å². The summed E-state index contributed by atoms with van der Waals surface area (Å²) in [5, 5.41) is 9.79. The Hall–Kier alpha value is -2.50. The number of hydrogen-bond donors (Lipinski definition) is 3. The smallest absolute Gasteiger partial charge is 0.257 e. The summed E-state index contributed by atoms with van der Waals surface area (Å²) >= 11 is 0. The minimum atomic E-state index is -0.200. The van der Waals surface area contributed by atoms with E-state index in [1.54, 1.807) is 12.1 Å². The topological polar surface area (TPSA) is 87.0 Å². The Kier molecular flexibility index (Phi) is 3.65. The zero-order valence-electron chi connectivity index (χ0n) is 12.1. The van der Waals surface area contributed by atoms with Crippen LogP contribution in [0.5, 0.6) is 0 Å². The van der Waals surface area contributed by atoms with Gasteiger partial charge in [0.05, 0.1) is 22.6 Å². The van der Waals surface area contributed by atoms with E-state index in [4.69, 9.17) is 5.73 Å². The number of aryl methyl sites for hydroxylation is 2. The second kappa shape index (κ2) is 5.24. The minimum Gasteiger partial charge on any atom is -0.399 e. The van der Waals surface area contributed by atoms with E-state index in [1.165, 1.54) is 0 Å². The van der Waals surface area contributed by atoms with Crippen molar-refractivity contribution in [1.82, 2.24) is 10.2 Å². The van der Waals surface area contributed by atoms with Gasteiger partial charge in [-0.05, 0) is 32.0 Å². The highest BCUT2D eigenvalue weighted by atomic mass is 16.1. The summed E-state index contributed by atoms with van der Waals surface area (Å²) in [6.45, 7) is 3.70. The first-order chi connectivity index (χ1) is 9.40. The molecule has 6 heteroatoms. The predicted octanol–water partition coefficient (Wildman–Crippen LogP) is 1.93. The molecule has 1 amide bonds. The number of nitrogens with two attached hydrogens (primary N) is 1. The standard InChI is InChI=1S/C14H19N5O/c1-8-13(9(2)18-17-8)16-14(20)11-7-10(15)5-6-12(11)19(3)4/h5-7H,15H2,1-4H3,(H,16,20)(H,17,18). The van der Waals surface area contributed by atoms with Crippen molar-refractivity contribution in [1.29, 1.82) is 0 Å². The first-order valence-corrected chi connectivity index (χ1v) is 6.30. The fourth-order valence-corrected chi connectivity index (χ4v) is 2.04. The Balaban J connectivity index is 2.36. The summed E-state index contributed by atoms with van der Waals surface area (Å²) in [5.74, 6) is -0.200. The van der Waals surface area contributed by atoms with Crippen LogP contribution >= 0.6 is 0 Å². The molecule has 2 rings (SSSR count). The van der Waals surface area contributed by atoms with Gasteiger partial charge < -0.3 is 16.0 Å². The highest BCUT2D eigenvalue weighted by Crippen LogP contribution is 2.24. The van der Waals surface area contributed by atoms with Crippen molar-refractivity contribution < 1.29 is 4.79 Å². The average Bonchev–Trinajstić information content (AvgIpc) is 2.70. The molecule has 0 radical (unpaired) electrons. The van der Waals surface area contributed by atoms with Crippen molar-refractivity contribution in [3.63, 3.8) is 0 Å². The van der Waals surface area contributed by atoms with Gasteiger partial charge in [-0.3, -0.25) is 9.89 Å². The SMILES string of the molecule is Cc1n[nH]c(C)c1NC(=O)c1cc(N)ccc1N(C)C. The number of nitrogens with one attached hydrogen (secondary N) is 2. The molecule has 1 aromatic carbocycles. The van der Waals surface area contributed by atoms with Gasteiger partial charge in [-0.25, -0.2) is 0 Å². The molecule has 0 aliphatic carbocycles. The van der Waals surface area contributed by atoms with Crippen LogP contribution in [0, 0.1) is 13.8 Å². The van der Waals surface area contributed by atoms with Crippen molar-refractivity contribution in [2.75, 3.05) is 30.0 Å². The molecule has 0 aliphatic rings. The van der Waals surface area contributed by atoms with Crippen LogP contribution in [0.2, 0.25) is 0 Å². The predicted molar refractivity (Wildman–Crippen MR) is 81.2 cm³/mol. The number of H-pyrrole nitrogens is 1. The Morgan fingerprint density at radius 3 is 2.60 bits per heavy atom. The zero-order valence-corrected chi connectivity index (χ0v) is 12.1. The molecule has 2 aromatic rings. The molecule has 1 heterocycles. The second-order valence-electron chi connectivity index (χ2n) is 4.93. The number of carbonyl (C=O) groups excluding carboxylic acids is 1. The van der Waals surface area contributed by atoms with Gasteiger partial charge in [0.2, 0.25) is 0 Å². The summed E-state index contributed by atoms with van der Waals surface area (Å²) in [4.78, 5) is 14.3. The largest absolute Gasteiger partial charge is 0.399 e. The van der Waals surface area contributed by atoms with Crippen LogP contribution in [0.1, 0.15) is 21.7 Å². The molecular weight excluding hydrogens is 254 g/mol. The van der Waals surface area contributed by atoms with Crippen LogP contribution < -0.4 is 16.0 Å². The maximum atomic E-state index is 12.5. The number of aromatic nitrogens is 2. The summed E-state index contributed by atoms with van der Waals surface area (Å²) < 4.78 is 0. The molecule has 0 spiro atoms. The molecule has 1 aromatic heterocycles. The third-order valence-corrected chi connectivity index (χ3v) is 3.11. The van der Waals surface area contributed by atoms with Crippen LogP contribution in [0.4, 0.5) is 17.1 Å². The Morgan fingerprint density at radius 1 is 1.35 bits per heavy atom. The van der Waals surface area contributed by atoms with Crippen molar-refractivity contribution in [3.05, 3.63) is 35.2 Å². The van der Waals surface area contributed by atoms with E-state index in [2.05, 4.69) is 15.5 Å². The number of nitrogen functional groups attached to an aromatic ring is 1. The number of carbonyl (C=O) groups is 1. The van der Waals surface area contributed by atoms with Gasteiger partial charge in [-0.1, -0.05) is 0 Å². The normalized spacial score (nSPS) is 10.4. The molecule has 0 fully saturated rings. The van der Waals surface area contributed by atoms with Crippen LogP contribution in [-0.4, -0.2) is 30.2 Å². The van der Waals surface area contributed by atoms with E-state index >= 15 is 0 Å². The Morgan fingerprint density at radius 2 is 2.05 bits per heavy atom. The van der Waals surface area contributed by atoms with Gasteiger partial charge in [0.15, 0.2) is 0 Å². The van der Waals surface area contributed by atoms with Crippen LogP contribution in [-0.2, 0) is 0 Å². The van der Waals surface area contributed by atoms with Gasteiger partial charge in [0, 0.05) is 25.5 Å². The lowest BCUT2D eigenvalue weighted by Crippen LogP contribution is -2.19. The lowest BCUT2D eigenvalue weighted by atomic mass is 10.1. The average molecular weight is 273 g/mol. The fourth-order valence-electron chi connectivity index (χ4n) is 2.04. The first kappa shape index (κ1) is 13.9. The molecule has 0 atom stereocenters. The number of benzene rings is 1. The maximum Gasteiger partial charge on any atom is 0.257 e. The van der Waals surface area contributed by atoms with E-state index in [9.17, 15) is 4.79 Å². The van der Waals surface area contributed by atoms with Crippen molar-refractivity contribution >= 4 is 23.0 Å². The van der Waals surface area contributed by atoms with E-state index in [1.807, 2.05) is 38.9 Å². The lowest BCUT2D eigenvalue weighted by molar-refractivity contribution is 0.102. The number of hydrogen-bond acceptors (Lipinski definition) is 4. The first-order valence-electron chi connectivity index (χ1n) is 6.30. The van der Waals surface area contributed by atoms with Crippen LogP contribution in [0.25, 0.3) is 0 Å². The van der Waals surface area contributed by atoms with Gasteiger partial charge >= 0.3 is 0 Å². The number of rotatable bonds is 3. The fraction of sp³-hybridized carbons (Fsp3) is 0.286. The van der Waals surface area contributed by atoms with E-state index in [0.29, 0.717) is 16.9 Å². The molecule has 106 valence electrons. The summed E-state index contributed by atoms with van der Waals surface area (Å²) in [6.07, 6.45) is 0. The number of anilines is 3. The lowest BCUT2D eigenvalue weighted by Gasteiger charge is -2.17. The molecule has 0 bridgehead atoms. The van der Waals surface area contributed by atoms with Gasteiger partial charge in [-0.15, -0.1) is 0 Å². The molecular formula is C14H19N5O. The number of amides is 1. The maximum absolute atomic E-state index is 12.5. The molecule has 4 N–H and O–H groups in total.